The van der Waals surface area contributed by atoms with Gasteiger partial charge in [0.2, 0.25) is 0 Å². The molecule has 0 saturated carbocycles. The van der Waals surface area contributed by atoms with E-state index < -0.39 is 6.10 Å². The van der Waals surface area contributed by atoms with Gasteiger partial charge in [0.1, 0.15) is 11.6 Å². The van der Waals surface area contributed by atoms with Gasteiger partial charge in [0.25, 0.3) is 5.91 Å². The summed E-state index contributed by atoms with van der Waals surface area (Å²) >= 11 is 6.16. The Morgan fingerprint density at radius 2 is 1.79 bits per heavy atom. The van der Waals surface area contributed by atoms with E-state index in [-0.39, 0.29) is 18.3 Å². The molecule has 3 aromatic carbocycles. The monoisotopic (exact) mass is 464 g/mol. The lowest BCUT2D eigenvalue weighted by Crippen LogP contribution is -2.30. The van der Waals surface area contributed by atoms with Crippen molar-refractivity contribution in [3.63, 3.8) is 0 Å². The Bertz CT molecular complexity index is 1250. The Kier molecular flexibility index (Phi) is 7.12. The fourth-order valence-electron chi connectivity index (χ4n) is 3.43. The Balaban J connectivity index is 1.54. The van der Waals surface area contributed by atoms with Crippen LogP contribution in [0, 0.1) is 5.82 Å². The molecule has 8 heteroatoms. The van der Waals surface area contributed by atoms with E-state index in [0.717, 1.165) is 16.5 Å². The number of rotatable bonds is 8. The molecule has 6 nitrogen and oxygen atoms in total. The first-order valence-electron chi connectivity index (χ1n) is 10.3. The summed E-state index contributed by atoms with van der Waals surface area (Å²) in [5.41, 5.74) is 2.30. The van der Waals surface area contributed by atoms with E-state index in [1.807, 2.05) is 36.4 Å². The summed E-state index contributed by atoms with van der Waals surface area (Å²) in [6, 6.07) is 20.8. The highest BCUT2D eigenvalue weighted by molar-refractivity contribution is 6.31. The number of hydrogen-bond donors (Lipinski definition) is 2. The van der Waals surface area contributed by atoms with Crippen LogP contribution in [0.5, 0.6) is 0 Å². The van der Waals surface area contributed by atoms with Crippen molar-refractivity contribution in [1.29, 1.82) is 0 Å². The number of aromatic nitrogens is 2. The van der Waals surface area contributed by atoms with Crippen molar-refractivity contribution in [2.45, 2.75) is 19.2 Å². The van der Waals surface area contributed by atoms with Crippen molar-refractivity contribution in [3.05, 3.63) is 101 Å². The minimum absolute atomic E-state index is 0.110. The molecule has 2 N–H and O–H groups in total. The minimum atomic E-state index is -0.739. The maximum Gasteiger partial charge on any atom is 0.254 e. The van der Waals surface area contributed by atoms with Crippen LogP contribution < -0.4 is 10.6 Å². The number of ether oxygens (including phenoxy) is 1. The number of amides is 1. The van der Waals surface area contributed by atoms with Crippen molar-refractivity contribution >= 4 is 34.2 Å². The number of benzene rings is 3. The van der Waals surface area contributed by atoms with Crippen molar-refractivity contribution in [1.82, 2.24) is 15.3 Å². The minimum Gasteiger partial charge on any atom is -0.367 e. The van der Waals surface area contributed by atoms with E-state index in [1.165, 1.54) is 19.2 Å². The van der Waals surface area contributed by atoms with Gasteiger partial charge < -0.3 is 15.4 Å². The fourth-order valence-corrected chi connectivity index (χ4v) is 3.60. The summed E-state index contributed by atoms with van der Waals surface area (Å²) < 4.78 is 18.6. The van der Waals surface area contributed by atoms with Crippen molar-refractivity contribution in [2.75, 3.05) is 12.4 Å². The predicted octanol–water partition coefficient (Wildman–Crippen LogP) is 5.04. The number of methoxy groups -OCH3 is 1. The molecule has 1 heterocycles. The number of hydrogen-bond acceptors (Lipinski definition) is 5. The molecule has 4 rings (SSSR count). The number of nitrogens with one attached hydrogen (secondary N) is 2. The van der Waals surface area contributed by atoms with Gasteiger partial charge in [0.15, 0.2) is 11.9 Å². The first kappa shape index (κ1) is 22.6. The zero-order valence-electron chi connectivity index (χ0n) is 17.9. The third kappa shape index (κ3) is 5.63. The number of nitrogens with zero attached hydrogens (tertiary/aromatic N) is 2. The van der Waals surface area contributed by atoms with Crippen LogP contribution in [0.25, 0.3) is 10.9 Å². The van der Waals surface area contributed by atoms with Gasteiger partial charge in [-0.15, -0.1) is 0 Å². The third-order valence-electron chi connectivity index (χ3n) is 5.08. The van der Waals surface area contributed by atoms with E-state index >= 15 is 0 Å². The number of carbonyl (C=O) groups excluding carboxylic acids is 1. The van der Waals surface area contributed by atoms with Gasteiger partial charge in [0, 0.05) is 24.1 Å². The maximum atomic E-state index is 13.2. The topological polar surface area (TPSA) is 76.1 Å². The molecule has 0 bridgehead atoms. The van der Waals surface area contributed by atoms with E-state index in [4.69, 9.17) is 16.3 Å². The summed E-state index contributed by atoms with van der Waals surface area (Å²) in [5.74, 6) is 0.433. The molecular formula is C25H22ClFN4O2. The highest BCUT2D eigenvalue weighted by atomic mass is 35.5. The van der Waals surface area contributed by atoms with Gasteiger partial charge in [-0.05, 0) is 41.5 Å². The van der Waals surface area contributed by atoms with Crippen LogP contribution in [0.15, 0.2) is 72.8 Å². The van der Waals surface area contributed by atoms with Gasteiger partial charge in [-0.1, -0.05) is 54.1 Å². The van der Waals surface area contributed by atoms with Crippen LogP contribution >= 0.6 is 11.6 Å². The Morgan fingerprint density at radius 3 is 2.52 bits per heavy atom. The molecule has 168 valence electrons. The summed E-state index contributed by atoms with van der Waals surface area (Å²) in [5, 5.41) is 7.45. The summed E-state index contributed by atoms with van der Waals surface area (Å²) in [6.07, 6.45) is -0.739. The molecule has 1 amide bonds. The Morgan fingerprint density at radius 1 is 1.03 bits per heavy atom. The second-order valence-electron chi connectivity index (χ2n) is 7.37. The largest absolute Gasteiger partial charge is 0.367 e. The zero-order valence-corrected chi connectivity index (χ0v) is 18.6. The summed E-state index contributed by atoms with van der Waals surface area (Å²) in [6.45, 7) is 0.555. The van der Waals surface area contributed by atoms with Gasteiger partial charge >= 0.3 is 0 Å². The van der Waals surface area contributed by atoms with Gasteiger partial charge in [-0.2, -0.15) is 0 Å². The standard InChI is InChI=1S/C25H22ClFN4O2/c1-33-23(17-5-3-2-4-6-17)25(32)29-15-22-30-21-13-18(26)9-12-20(21)24(31-22)28-14-16-7-10-19(27)11-8-16/h2-13,23H,14-15H2,1H3,(H,29,32)(H,28,30,31)/t23-/m1/s1. The average Bonchev–Trinajstić information content (AvgIpc) is 2.83. The van der Waals surface area contributed by atoms with Crippen LogP contribution in [0.2, 0.25) is 5.02 Å². The normalized spacial score (nSPS) is 11.8. The van der Waals surface area contributed by atoms with Crippen LogP contribution in [-0.2, 0) is 22.6 Å². The highest BCUT2D eigenvalue weighted by Gasteiger charge is 2.20. The van der Waals surface area contributed by atoms with Crippen molar-refractivity contribution in [2.24, 2.45) is 0 Å². The molecular weight excluding hydrogens is 443 g/mol. The first-order chi connectivity index (χ1) is 16.0. The lowest BCUT2D eigenvalue weighted by atomic mass is 10.1. The molecule has 0 spiro atoms. The molecule has 0 radical (unpaired) electrons. The lowest BCUT2D eigenvalue weighted by Gasteiger charge is -2.16. The molecule has 0 fully saturated rings. The molecule has 1 aromatic heterocycles. The van der Waals surface area contributed by atoms with Crippen LogP contribution in [0.3, 0.4) is 0 Å². The van der Waals surface area contributed by atoms with E-state index in [1.54, 1.807) is 24.3 Å². The molecule has 4 aromatic rings. The van der Waals surface area contributed by atoms with Crippen molar-refractivity contribution < 1.29 is 13.9 Å². The summed E-state index contributed by atoms with van der Waals surface area (Å²) in [4.78, 5) is 21.9. The Labute approximate surface area is 195 Å². The average molecular weight is 465 g/mol. The predicted molar refractivity (Wildman–Crippen MR) is 126 cm³/mol. The second kappa shape index (κ2) is 10.4. The zero-order chi connectivity index (χ0) is 23.2. The van der Waals surface area contributed by atoms with E-state index in [2.05, 4.69) is 20.6 Å². The molecule has 1 atom stereocenters. The van der Waals surface area contributed by atoms with Gasteiger partial charge in [-0.25, -0.2) is 14.4 Å². The third-order valence-corrected chi connectivity index (χ3v) is 5.31. The van der Waals surface area contributed by atoms with Crippen LogP contribution in [0.1, 0.15) is 23.1 Å². The first-order valence-corrected chi connectivity index (χ1v) is 10.7. The molecule has 0 saturated heterocycles. The van der Waals surface area contributed by atoms with Crippen LogP contribution in [0.4, 0.5) is 10.2 Å². The Hall–Kier alpha value is -3.55. The lowest BCUT2D eigenvalue weighted by molar-refractivity contribution is -0.131. The molecule has 0 aliphatic carbocycles. The molecule has 33 heavy (non-hydrogen) atoms. The van der Waals surface area contributed by atoms with Crippen LogP contribution in [-0.4, -0.2) is 23.0 Å². The van der Waals surface area contributed by atoms with E-state index in [0.29, 0.717) is 28.7 Å². The fraction of sp³-hybridized carbons (Fsp3) is 0.160. The molecule has 0 aliphatic heterocycles. The second-order valence-corrected chi connectivity index (χ2v) is 7.81. The number of carbonyl (C=O) groups is 1. The van der Waals surface area contributed by atoms with Gasteiger partial charge in [-0.3, -0.25) is 4.79 Å². The number of anilines is 1. The number of halogens is 2. The number of fused-ring (bicyclic) bond motifs is 1. The quantitative estimate of drug-likeness (QED) is 0.382. The van der Waals surface area contributed by atoms with Crippen molar-refractivity contribution in [3.8, 4) is 0 Å². The molecule has 0 aliphatic rings. The maximum absolute atomic E-state index is 13.2. The van der Waals surface area contributed by atoms with Gasteiger partial charge in [0.05, 0.1) is 12.1 Å². The highest BCUT2D eigenvalue weighted by Crippen LogP contribution is 2.24. The molecule has 0 unspecified atom stereocenters. The SMILES string of the molecule is CO[C@@H](C(=O)NCc1nc(NCc2ccc(F)cc2)c2ccc(Cl)cc2n1)c1ccccc1. The summed E-state index contributed by atoms with van der Waals surface area (Å²) in [7, 11) is 1.49. The van der Waals surface area contributed by atoms with E-state index in [9.17, 15) is 9.18 Å². The smallest absolute Gasteiger partial charge is 0.254 e.